The first kappa shape index (κ1) is 18.7. The first-order valence-corrected chi connectivity index (χ1v) is 9.88. The fourth-order valence-electron chi connectivity index (χ4n) is 3.43. The van der Waals surface area contributed by atoms with Crippen LogP contribution in [0.2, 0.25) is 0 Å². The smallest absolute Gasteiger partial charge is 0.171 e. The van der Waals surface area contributed by atoms with Crippen molar-refractivity contribution >= 4 is 28.7 Å². The second-order valence-electron chi connectivity index (χ2n) is 7.47. The summed E-state index contributed by atoms with van der Waals surface area (Å²) in [5.41, 5.74) is 6.15. The molecule has 0 aliphatic carbocycles. The Morgan fingerprint density at radius 1 is 1.12 bits per heavy atom. The van der Waals surface area contributed by atoms with Gasteiger partial charge in [-0.05, 0) is 85.8 Å². The molecule has 1 saturated heterocycles. The lowest BCUT2D eigenvalue weighted by Gasteiger charge is -2.32. The molecule has 0 radical (unpaired) electrons. The molecule has 138 valence electrons. The van der Waals surface area contributed by atoms with Crippen LogP contribution in [0.4, 0.5) is 11.4 Å². The molecule has 26 heavy (non-hydrogen) atoms. The Morgan fingerprint density at radius 2 is 1.88 bits per heavy atom. The van der Waals surface area contributed by atoms with E-state index in [9.17, 15) is 0 Å². The van der Waals surface area contributed by atoms with Gasteiger partial charge in [-0.3, -0.25) is 0 Å². The van der Waals surface area contributed by atoms with Crippen LogP contribution in [0.15, 0.2) is 42.5 Å². The molecule has 1 fully saturated rings. The molecule has 2 N–H and O–H groups in total. The maximum absolute atomic E-state index is 5.42. The van der Waals surface area contributed by atoms with E-state index >= 15 is 0 Å². The minimum atomic E-state index is 0.655. The van der Waals surface area contributed by atoms with E-state index in [2.05, 4.69) is 78.8 Å². The highest BCUT2D eigenvalue weighted by Gasteiger charge is 2.16. The molecule has 3 nitrogen and oxygen atoms in total. The summed E-state index contributed by atoms with van der Waals surface area (Å²) >= 11 is 5.42. The van der Waals surface area contributed by atoms with Gasteiger partial charge in [-0.15, -0.1) is 0 Å². The second kappa shape index (κ2) is 8.54. The molecule has 1 heterocycles. The Balaban J connectivity index is 1.51. The Morgan fingerprint density at radius 3 is 2.58 bits per heavy atom. The molecule has 4 heteroatoms. The number of benzene rings is 2. The average Bonchev–Trinajstić information content (AvgIpc) is 2.63. The molecule has 0 bridgehead atoms. The van der Waals surface area contributed by atoms with E-state index in [1.807, 2.05) is 0 Å². The number of nitrogens with one attached hydrogen (secondary N) is 2. The van der Waals surface area contributed by atoms with Crippen molar-refractivity contribution in [1.29, 1.82) is 0 Å². The number of nitrogens with zero attached hydrogens (tertiary/aromatic N) is 1. The molecule has 3 rings (SSSR count). The lowest BCUT2D eigenvalue weighted by Crippen LogP contribution is -2.34. The van der Waals surface area contributed by atoms with Gasteiger partial charge in [0.05, 0.1) is 0 Å². The zero-order valence-corrected chi connectivity index (χ0v) is 16.8. The van der Waals surface area contributed by atoms with E-state index in [-0.39, 0.29) is 0 Å². The molecule has 0 amide bonds. The van der Waals surface area contributed by atoms with Crippen LogP contribution in [0.25, 0.3) is 0 Å². The number of anilines is 2. The van der Waals surface area contributed by atoms with Gasteiger partial charge in [0, 0.05) is 31.0 Å². The summed E-state index contributed by atoms with van der Waals surface area (Å²) in [6, 6.07) is 15.1. The Bertz CT molecular complexity index is 754. The van der Waals surface area contributed by atoms with Gasteiger partial charge >= 0.3 is 0 Å². The van der Waals surface area contributed by atoms with Gasteiger partial charge in [-0.1, -0.05) is 25.1 Å². The minimum absolute atomic E-state index is 0.655. The van der Waals surface area contributed by atoms with Crippen molar-refractivity contribution in [3.63, 3.8) is 0 Å². The van der Waals surface area contributed by atoms with Crippen molar-refractivity contribution in [2.75, 3.05) is 23.3 Å². The Labute approximate surface area is 162 Å². The summed E-state index contributed by atoms with van der Waals surface area (Å²) < 4.78 is 0. The predicted molar refractivity (Wildman–Crippen MR) is 116 cm³/mol. The van der Waals surface area contributed by atoms with Gasteiger partial charge in [-0.2, -0.15) is 0 Å². The van der Waals surface area contributed by atoms with Gasteiger partial charge in [0.2, 0.25) is 0 Å². The van der Waals surface area contributed by atoms with E-state index in [1.165, 1.54) is 48.3 Å². The maximum atomic E-state index is 5.42. The summed E-state index contributed by atoms with van der Waals surface area (Å²) in [6.07, 6.45) is 2.65. The molecule has 2 aromatic carbocycles. The normalized spacial score (nSPS) is 17.0. The summed E-state index contributed by atoms with van der Waals surface area (Å²) in [6.45, 7) is 9.64. The minimum Gasteiger partial charge on any atom is -0.371 e. The van der Waals surface area contributed by atoms with E-state index in [0.29, 0.717) is 5.11 Å². The topological polar surface area (TPSA) is 27.3 Å². The summed E-state index contributed by atoms with van der Waals surface area (Å²) in [4.78, 5) is 2.50. The number of aryl methyl sites for hydroxylation is 2. The van der Waals surface area contributed by atoms with Gasteiger partial charge in [0.15, 0.2) is 5.11 Å². The van der Waals surface area contributed by atoms with Crippen molar-refractivity contribution in [3.8, 4) is 0 Å². The van der Waals surface area contributed by atoms with Gasteiger partial charge in [-0.25, -0.2) is 0 Å². The SMILES string of the molecule is Cc1ccc(NC(=S)NCc2ccc(N3CCC[C@H](C)C3)cc2)cc1C. The van der Waals surface area contributed by atoms with Crippen LogP contribution >= 0.6 is 12.2 Å². The van der Waals surface area contributed by atoms with Crippen LogP contribution < -0.4 is 15.5 Å². The first-order valence-electron chi connectivity index (χ1n) is 9.47. The molecule has 1 atom stereocenters. The molecule has 0 unspecified atom stereocenters. The summed E-state index contributed by atoms with van der Waals surface area (Å²) in [5.74, 6) is 0.791. The molecular weight excluding hydrogens is 338 g/mol. The highest BCUT2D eigenvalue weighted by Crippen LogP contribution is 2.23. The van der Waals surface area contributed by atoms with Crippen LogP contribution in [-0.4, -0.2) is 18.2 Å². The summed E-state index contributed by atoms with van der Waals surface area (Å²) in [7, 11) is 0. The predicted octanol–water partition coefficient (Wildman–Crippen LogP) is 5.03. The molecule has 2 aromatic rings. The first-order chi connectivity index (χ1) is 12.5. The number of rotatable bonds is 4. The fourth-order valence-corrected chi connectivity index (χ4v) is 3.62. The monoisotopic (exact) mass is 367 g/mol. The van der Waals surface area contributed by atoms with Gasteiger partial charge in [0.1, 0.15) is 0 Å². The quantitative estimate of drug-likeness (QED) is 0.742. The average molecular weight is 368 g/mol. The Kier molecular flexibility index (Phi) is 6.15. The van der Waals surface area contributed by atoms with Crippen molar-refractivity contribution in [3.05, 3.63) is 59.2 Å². The zero-order valence-electron chi connectivity index (χ0n) is 16.0. The highest BCUT2D eigenvalue weighted by atomic mass is 32.1. The van der Waals surface area contributed by atoms with Crippen LogP contribution in [0.1, 0.15) is 36.5 Å². The third-order valence-corrected chi connectivity index (χ3v) is 5.42. The van der Waals surface area contributed by atoms with Crippen molar-refractivity contribution in [2.24, 2.45) is 5.92 Å². The third kappa shape index (κ3) is 4.98. The summed E-state index contributed by atoms with van der Waals surface area (Å²) in [5, 5.41) is 7.21. The van der Waals surface area contributed by atoms with Crippen LogP contribution in [0.3, 0.4) is 0 Å². The van der Waals surface area contributed by atoms with Gasteiger partial charge < -0.3 is 15.5 Å². The second-order valence-corrected chi connectivity index (χ2v) is 7.87. The van der Waals surface area contributed by atoms with Gasteiger partial charge in [0.25, 0.3) is 0 Å². The zero-order chi connectivity index (χ0) is 18.5. The van der Waals surface area contributed by atoms with Crippen molar-refractivity contribution in [1.82, 2.24) is 5.32 Å². The van der Waals surface area contributed by atoms with E-state index < -0.39 is 0 Å². The maximum Gasteiger partial charge on any atom is 0.171 e. The number of thiocarbonyl (C=S) groups is 1. The molecule has 0 aromatic heterocycles. The van der Waals surface area contributed by atoms with Crippen molar-refractivity contribution < 1.29 is 0 Å². The lowest BCUT2D eigenvalue weighted by atomic mass is 9.99. The number of hydrogen-bond donors (Lipinski definition) is 2. The molecular formula is C22H29N3S. The largest absolute Gasteiger partial charge is 0.371 e. The van der Waals surface area contributed by atoms with E-state index in [0.717, 1.165) is 18.2 Å². The highest BCUT2D eigenvalue weighted by molar-refractivity contribution is 7.80. The van der Waals surface area contributed by atoms with E-state index in [4.69, 9.17) is 12.2 Å². The number of hydrogen-bond acceptors (Lipinski definition) is 2. The van der Waals surface area contributed by atoms with Crippen molar-refractivity contribution in [2.45, 2.75) is 40.2 Å². The lowest BCUT2D eigenvalue weighted by molar-refractivity contribution is 0.447. The van der Waals surface area contributed by atoms with Crippen LogP contribution in [-0.2, 0) is 6.54 Å². The number of piperidine rings is 1. The van der Waals surface area contributed by atoms with Crippen LogP contribution in [0, 0.1) is 19.8 Å². The Hall–Kier alpha value is -2.07. The molecule has 1 aliphatic heterocycles. The fraction of sp³-hybridized carbons (Fsp3) is 0.409. The van der Waals surface area contributed by atoms with E-state index in [1.54, 1.807) is 0 Å². The standard InChI is InChI=1S/C22H29N3S/c1-16-5-4-12-25(15-16)21-10-7-19(8-11-21)14-23-22(26)24-20-9-6-17(2)18(3)13-20/h6-11,13,16H,4-5,12,14-15H2,1-3H3,(H2,23,24,26)/t16-/m0/s1. The molecule has 0 saturated carbocycles. The van der Waals surface area contributed by atoms with Crippen LogP contribution in [0.5, 0.6) is 0 Å². The third-order valence-electron chi connectivity index (χ3n) is 5.18. The molecule has 0 spiro atoms. The molecule has 1 aliphatic rings.